The van der Waals surface area contributed by atoms with Crippen LogP contribution in [0.25, 0.3) is 11.0 Å². The molecular formula is C15H10ClN3O2. The molecule has 5 nitrogen and oxygen atoms in total. The number of halogens is 1. The lowest BCUT2D eigenvalue weighted by Gasteiger charge is -2.07. The number of carbonyl (C=O) groups is 1. The molecule has 1 aromatic heterocycles. The van der Waals surface area contributed by atoms with Crippen LogP contribution in [0.3, 0.4) is 0 Å². The van der Waals surface area contributed by atoms with E-state index in [1.807, 2.05) is 0 Å². The third-order valence-electron chi connectivity index (χ3n) is 2.85. The standard InChI is InChI=1S/C15H10ClN3O2/c16-9-4-6-10(7-5-9)21-13-8-18-12-3-1-2-11(15(17)20)14(12)19-13/h1-8H,(H2,17,20). The summed E-state index contributed by atoms with van der Waals surface area (Å²) in [6.07, 6.45) is 1.49. The van der Waals surface area contributed by atoms with Crippen molar-refractivity contribution in [2.75, 3.05) is 0 Å². The minimum atomic E-state index is -0.557. The molecule has 0 aliphatic heterocycles. The van der Waals surface area contributed by atoms with Crippen molar-refractivity contribution >= 4 is 28.5 Å². The average molecular weight is 300 g/mol. The molecule has 2 N–H and O–H groups in total. The number of amides is 1. The van der Waals surface area contributed by atoms with Gasteiger partial charge in [-0.25, -0.2) is 9.97 Å². The lowest BCUT2D eigenvalue weighted by atomic mass is 10.1. The van der Waals surface area contributed by atoms with Crippen molar-refractivity contribution in [2.45, 2.75) is 0 Å². The lowest BCUT2D eigenvalue weighted by molar-refractivity contribution is 0.100. The summed E-state index contributed by atoms with van der Waals surface area (Å²) in [5.74, 6) is 0.293. The molecule has 0 saturated carbocycles. The molecule has 21 heavy (non-hydrogen) atoms. The summed E-state index contributed by atoms with van der Waals surface area (Å²) < 4.78 is 5.59. The molecule has 0 spiro atoms. The van der Waals surface area contributed by atoms with E-state index in [1.165, 1.54) is 6.20 Å². The fraction of sp³-hybridized carbons (Fsp3) is 0. The van der Waals surface area contributed by atoms with Gasteiger partial charge in [0, 0.05) is 5.02 Å². The van der Waals surface area contributed by atoms with Crippen LogP contribution >= 0.6 is 11.6 Å². The number of nitrogens with zero attached hydrogens (tertiary/aromatic N) is 2. The fourth-order valence-corrected chi connectivity index (χ4v) is 2.01. The number of aromatic nitrogens is 2. The van der Waals surface area contributed by atoms with Crippen molar-refractivity contribution in [3.8, 4) is 11.6 Å². The molecule has 3 aromatic rings. The van der Waals surface area contributed by atoms with Crippen LogP contribution in [0.2, 0.25) is 5.02 Å². The van der Waals surface area contributed by atoms with Gasteiger partial charge in [-0.2, -0.15) is 0 Å². The molecule has 3 rings (SSSR count). The molecule has 0 bridgehead atoms. The summed E-state index contributed by atoms with van der Waals surface area (Å²) in [7, 11) is 0. The van der Waals surface area contributed by atoms with Crippen LogP contribution in [0.15, 0.2) is 48.7 Å². The highest BCUT2D eigenvalue weighted by molar-refractivity contribution is 6.30. The van der Waals surface area contributed by atoms with Gasteiger partial charge in [0.05, 0.1) is 17.3 Å². The zero-order valence-electron chi connectivity index (χ0n) is 10.8. The van der Waals surface area contributed by atoms with E-state index in [0.717, 1.165) is 0 Å². The molecule has 0 radical (unpaired) electrons. The van der Waals surface area contributed by atoms with Gasteiger partial charge >= 0.3 is 0 Å². The molecule has 6 heteroatoms. The Morgan fingerprint density at radius 2 is 1.90 bits per heavy atom. The normalized spacial score (nSPS) is 10.5. The Balaban J connectivity index is 2.02. The third-order valence-corrected chi connectivity index (χ3v) is 3.10. The summed E-state index contributed by atoms with van der Waals surface area (Å²) in [5.41, 5.74) is 6.64. The fourth-order valence-electron chi connectivity index (χ4n) is 1.89. The summed E-state index contributed by atoms with van der Waals surface area (Å²) in [5, 5.41) is 0.614. The predicted molar refractivity (Wildman–Crippen MR) is 79.6 cm³/mol. The average Bonchev–Trinajstić information content (AvgIpc) is 2.49. The van der Waals surface area contributed by atoms with Crippen molar-refractivity contribution in [2.24, 2.45) is 5.73 Å². The monoisotopic (exact) mass is 299 g/mol. The number of hydrogen-bond acceptors (Lipinski definition) is 4. The summed E-state index contributed by atoms with van der Waals surface area (Å²) in [6.45, 7) is 0. The Kier molecular flexibility index (Phi) is 3.41. The summed E-state index contributed by atoms with van der Waals surface area (Å²) in [6, 6.07) is 11.9. The van der Waals surface area contributed by atoms with E-state index in [1.54, 1.807) is 42.5 Å². The topological polar surface area (TPSA) is 78.1 Å². The van der Waals surface area contributed by atoms with Crippen LogP contribution in [0, 0.1) is 0 Å². The van der Waals surface area contributed by atoms with Crippen molar-refractivity contribution in [3.05, 3.63) is 59.2 Å². The Morgan fingerprint density at radius 3 is 2.62 bits per heavy atom. The maximum absolute atomic E-state index is 11.4. The number of fused-ring (bicyclic) bond motifs is 1. The Hall–Kier alpha value is -2.66. The highest BCUT2D eigenvalue weighted by atomic mass is 35.5. The van der Waals surface area contributed by atoms with E-state index in [-0.39, 0.29) is 5.88 Å². The number of carbonyl (C=O) groups excluding carboxylic acids is 1. The Bertz CT molecular complexity index is 819. The van der Waals surface area contributed by atoms with Gasteiger partial charge in [-0.05, 0) is 36.4 Å². The summed E-state index contributed by atoms with van der Waals surface area (Å²) >= 11 is 5.81. The highest BCUT2D eigenvalue weighted by Crippen LogP contribution is 2.23. The van der Waals surface area contributed by atoms with E-state index >= 15 is 0 Å². The van der Waals surface area contributed by atoms with E-state index in [0.29, 0.717) is 27.4 Å². The molecule has 0 aliphatic rings. The van der Waals surface area contributed by atoms with E-state index in [9.17, 15) is 4.79 Å². The maximum atomic E-state index is 11.4. The second kappa shape index (κ2) is 5.38. The first-order valence-corrected chi connectivity index (χ1v) is 6.50. The number of para-hydroxylation sites is 1. The van der Waals surface area contributed by atoms with Gasteiger partial charge in [0.25, 0.3) is 5.91 Å². The van der Waals surface area contributed by atoms with E-state index in [2.05, 4.69) is 9.97 Å². The number of hydrogen-bond donors (Lipinski definition) is 1. The van der Waals surface area contributed by atoms with Crippen LogP contribution < -0.4 is 10.5 Å². The second-order valence-electron chi connectivity index (χ2n) is 4.30. The van der Waals surface area contributed by atoms with Gasteiger partial charge in [0.2, 0.25) is 5.88 Å². The van der Waals surface area contributed by atoms with Crippen LogP contribution in [0.1, 0.15) is 10.4 Å². The zero-order chi connectivity index (χ0) is 14.8. The predicted octanol–water partition coefficient (Wildman–Crippen LogP) is 3.17. The number of nitrogens with two attached hydrogens (primary N) is 1. The zero-order valence-corrected chi connectivity index (χ0v) is 11.5. The third kappa shape index (κ3) is 2.78. The number of ether oxygens (including phenoxy) is 1. The first kappa shape index (κ1) is 13.3. The molecular weight excluding hydrogens is 290 g/mol. The van der Waals surface area contributed by atoms with Gasteiger partial charge in [0.1, 0.15) is 11.3 Å². The second-order valence-corrected chi connectivity index (χ2v) is 4.74. The van der Waals surface area contributed by atoms with E-state index < -0.39 is 5.91 Å². The molecule has 0 unspecified atom stereocenters. The first-order chi connectivity index (χ1) is 10.1. The molecule has 0 saturated heterocycles. The Morgan fingerprint density at radius 1 is 1.14 bits per heavy atom. The van der Waals surface area contributed by atoms with Gasteiger partial charge in [-0.15, -0.1) is 0 Å². The quantitative estimate of drug-likeness (QED) is 0.805. The van der Waals surface area contributed by atoms with E-state index in [4.69, 9.17) is 22.1 Å². The highest BCUT2D eigenvalue weighted by Gasteiger charge is 2.10. The number of rotatable bonds is 3. The SMILES string of the molecule is NC(=O)c1cccc2ncc(Oc3ccc(Cl)cc3)nc12. The van der Waals surface area contributed by atoms with Crippen LogP contribution in [-0.2, 0) is 0 Å². The van der Waals surface area contributed by atoms with Crippen LogP contribution in [0.5, 0.6) is 11.6 Å². The van der Waals surface area contributed by atoms with Crippen molar-refractivity contribution in [1.29, 1.82) is 0 Å². The summed E-state index contributed by atoms with van der Waals surface area (Å²) in [4.78, 5) is 19.9. The Labute approximate surface area is 125 Å². The molecule has 0 atom stereocenters. The molecule has 0 fully saturated rings. The van der Waals surface area contributed by atoms with Crippen molar-refractivity contribution in [1.82, 2.24) is 9.97 Å². The van der Waals surface area contributed by atoms with Gasteiger partial charge in [0.15, 0.2) is 0 Å². The minimum absolute atomic E-state index is 0.276. The molecule has 2 aromatic carbocycles. The molecule has 104 valence electrons. The van der Waals surface area contributed by atoms with Crippen LogP contribution in [-0.4, -0.2) is 15.9 Å². The maximum Gasteiger partial charge on any atom is 0.250 e. The van der Waals surface area contributed by atoms with Gasteiger partial charge < -0.3 is 10.5 Å². The molecule has 1 heterocycles. The minimum Gasteiger partial charge on any atom is -0.437 e. The largest absolute Gasteiger partial charge is 0.437 e. The first-order valence-electron chi connectivity index (χ1n) is 6.12. The lowest BCUT2D eigenvalue weighted by Crippen LogP contribution is -2.12. The van der Waals surface area contributed by atoms with Gasteiger partial charge in [-0.3, -0.25) is 4.79 Å². The molecule has 0 aliphatic carbocycles. The van der Waals surface area contributed by atoms with Gasteiger partial charge in [-0.1, -0.05) is 17.7 Å². The number of benzene rings is 2. The van der Waals surface area contributed by atoms with Crippen LogP contribution in [0.4, 0.5) is 0 Å². The van der Waals surface area contributed by atoms with Crippen molar-refractivity contribution < 1.29 is 9.53 Å². The molecule has 1 amide bonds. The number of primary amides is 1. The van der Waals surface area contributed by atoms with Crippen molar-refractivity contribution in [3.63, 3.8) is 0 Å². The smallest absolute Gasteiger partial charge is 0.250 e.